The first-order valence-corrected chi connectivity index (χ1v) is 8.71. The summed E-state index contributed by atoms with van der Waals surface area (Å²) in [6.07, 6.45) is 0.385. The Morgan fingerprint density at radius 1 is 0.897 bits per heavy atom. The van der Waals surface area contributed by atoms with Gasteiger partial charge in [0.2, 0.25) is 0 Å². The summed E-state index contributed by atoms with van der Waals surface area (Å²) in [7, 11) is 0. The molecule has 1 atom stereocenters. The van der Waals surface area contributed by atoms with Gasteiger partial charge in [-0.25, -0.2) is 0 Å². The maximum absolute atomic E-state index is 12.6. The number of amides is 2. The number of rotatable bonds is 9. The minimum absolute atomic E-state index is 0.204. The molecule has 0 heterocycles. The van der Waals surface area contributed by atoms with E-state index in [0.717, 1.165) is 0 Å². The Kier molecular flexibility index (Phi) is 7.67. The van der Waals surface area contributed by atoms with Gasteiger partial charge in [-0.15, -0.1) is 0 Å². The molecule has 0 spiro atoms. The van der Waals surface area contributed by atoms with Crippen LogP contribution in [-0.2, 0) is 14.4 Å². The smallest absolute Gasteiger partial charge is 0.268 e. The lowest BCUT2D eigenvalue weighted by Crippen LogP contribution is -2.50. The average Bonchev–Trinajstić information content (AvgIpc) is 2.71. The first-order valence-electron chi connectivity index (χ1n) is 8.71. The van der Waals surface area contributed by atoms with Crippen molar-refractivity contribution >= 4 is 29.8 Å². The Bertz CT molecular complexity index is 909. The number of carbonyl (C=O) groups excluding carboxylic acids is 4. The van der Waals surface area contributed by atoms with Crippen LogP contribution in [0.2, 0.25) is 0 Å². The molecule has 8 nitrogen and oxygen atoms in total. The van der Waals surface area contributed by atoms with E-state index in [-0.39, 0.29) is 5.70 Å². The molecule has 0 radical (unpaired) electrons. The highest BCUT2D eigenvalue weighted by Gasteiger charge is 2.19. The van der Waals surface area contributed by atoms with Gasteiger partial charge in [0.05, 0.1) is 12.0 Å². The van der Waals surface area contributed by atoms with E-state index < -0.39 is 42.6 Å². The summed E-state index contributed by atoms with van der Waals surface area (Å²) in [6, 6.07) is 15.2. The van der Waals surface area contributed by atoms with Crippen LogP contribution in [0.1, 0.15) is 28.8 Å². The number of carboxylic acid groups (broad SMARTS) is 2. The van der Waals surface area contributed by atoms with E-state index >= 15 is 0 Å². The zero-order chi connectivity index (χ0) is 21.2. The van der Waals surface area contributed by atoms with Gasteiger partial charge in [-0.3, -0.25) is 9.59 Å². The summed E-state index contributed by atoms with van der Waals surface area (Å²) in [5.41, 5.74) is 0.683. The number of nitrogens with one attached hydrogen (secondary N) is 2. The van der Waals surface area contributed by atoms with E-state index in [9.17, 15) is 29.4 Å². The Hall–Kier alpha value is -3.94. The molecule has 2 aromatic carbocycles. The molecular formula is C21H18N2O6-2. The fraction of sp³-hybridized carbons (Fsp3) is 0.143. The molecule has 29 heavy (non-hydrogen) atoms. The maximum atomic E-state index is 12.6. The van der Waals surface area contributed by atoms with Crippen LogP contribution in [0, 0.1) is 0 Å². The molecule has 0 bridgehead atoms. The minimum atomic E-state index is -1.65. The maximum Gasteiger partial charge on any atom is 0.268 e. The van der Waals surface area contributed by atoms with Gasteiger partial charge in [0.25, 0.3) is 11.8 Å². The Morgan fingerprint density at radius 3 is 2.03 bits per heavy atom. The van der Waals surface area contributed by atoms with Crippen LogP contribution in [0.5, 0.6) is 0 Å². The average molecular weight is 394 g/mol. The van der Waals surface area contributed by atoms with Gasteiger partial charge in [-0.2, -0.15) is 0 Å². The molecule has 0 saturated carbocycles. The number of carboxylic acids is 2. The predicted octanol–water partition coefficient (Wildman–Crippen LogP) is -0.778. The van der Waals surface area contributed by atoms with E-state index in [1.165, 1.54) is 6.08 Å². The van der Waals surface area contributed by atoms with E-state index in [1.807, 2.05) is 0 Å². The van der Waals surface area contributed by atoms with E-state index in [2.05, 4.69) is 10.6 Å². The quantitative estimate of drug-likeness (QED) is 0.535. The van der Waals surface area contributed by atoms with Crippen LogP contribution in [0.4, 0.5) is 0 Å². The van der Waals surface area contributed by atoms with Crippen molar-refractivity contribution in [1.82, 2.24) is 10.6 Å². The van der Waals surface area contributed by atoms with Crippen LogP contribution < -0.4 is 20.8 Å². The van der Waals surface area contributed by atoms with Crippen LogP contribution in [0.15, 0.2) is 66.4 Å². The minimum Gasteiger partial charge on any atom is -0.550 e. The first-order chi connectivity index (χ1) is 13.9. The summed E-state index contributed by atoms with van der Waals surface area (Å²) in [5, 5.41) is 26.4. The second-order valence-electron chi connectivity index (χ2n) is 6.04. The monoisotopic (exact) mass is 394 g/mol. The Labute approximate surface area is 166 Å². The second kappa shape index (κ2) is 10.4. The van der Waals surface area contributed by atoms with Crippen molar-refractivity contribution < 1.29 is 29.4 Å². The van der Waals surface area contributed by atoms with Crippen molar-refractivity contribution in [1.29, 1.82) is 0 Å². The number of benzene rings is 2. The van der Waals surface area contributed by atoms with Gasteiger partial charge in [-0.05, 0) is 36.6 Å². The van der Waals surface area contributed by atoms with E-state index in [0.29, 0.717) is 11.1 Å². The highest BCUT2D eigenvalue weighted by molar-refractivity contribution is 6.06. The Morgan fingerprint density at radius 2 is 1.48 bits per heavy atom. The molecule has 0 fully saturated rings. The Balaban J connectivity index is 2.25. The lowest BCUT2D eigenvalue weighted by Gasteiger charge is -2.21. The van der Waals surface area contributed by atoms with Crippen molar-refractivity contribution in [2.45, 2.75) is 18.9 Å². The predicted molar refractivity (Wildman–Crippen MR) is 99.5 cm³/mol. The third-order valence-corrected chi connectivity index (χ3v) is 3.87. The zero-order valence-electron chi connectivity index (χ0n) is 15.3. The number of hydrogen-bond donors (Lipinski definition) is 2. The lowest BCUT2D eigenvalue weighted by atomic mass is 10.1. The third kappa shape index (κ3) is 6.94. The number of aliphatic carboxylic acids is 2. The summed E-state index contributed by atoms with van der Waals surface area (Å²) < 4.78 is 0. The SMILES string of the molecule is O=C([O-])CC[C@H](NC(=O)/C(=C/c1ccccc1)NC(=O)c1ccccc1)C(=O)[O-]. The topological polar surface area (TPSA) is 138 Å². The molecule has 2 N–H and O–H groups in total. The van der Waals surface area contributed by atoms with Gasteiger partial charge >= 0.3 is 0 Å². The summed E-state index contributed by atoms with van der Waals surface area (Å²) in [5.74, 6) is -4.57. The molecule has 0 aliphatic carbocycles. The molecule has 150 valence electrons. The van der Waals surface area contributed by atoms with Crippen molar-refractivity contribution in [3.05, 3.63) is 77.5 Å². The van der Waals surface area contributed by atoms with Gasteiger partial charge < -0.3 is 30.4 Å². The lowest BCUT2D eigenvalue weighted by molar-refractivity contribution is -0.310. The molecule has 2 aromatic rings. The van der Waals surface area contributed by atoms with Gasteiger partial charge in [0, 0.05) is 11.5 Å². The van der Waals surface area contributed by atoms with Crippen molar-refractivity contribution in [2.75, 3.05) is 0 Å². The van der Waals surface area contributed by atoms with Crippen molar-refractivity contribution in [2.24, 2.45) is 0 Å². The molecule has 0 saturated heterocycles. The normalized spacial score (nSPS) is 11.9. The molecule has 0 aliphatic heterocycles. The zero-order valence-corrected chi connectivity index (χ0v) is 15.3. The molecular weight excluding hydrogens is 376 g/mol. The van der Waals surface area contributed by atoms with E-state index in [4.69, 9.17) is 0 Å². The van der Waals surface area contributed by atoms with Gasteiger partial charge in [0.1, 0.15) is 5.70 Å². The number of hydrogen-bond acceptors (Lipinski definition) is 6. The molecule has 0 aromatic heterocycles. The standard InChI is InChI=1S/C21H20N2O6/c24-18(25)12-11-16(21(28)29)22-20(27)17(13-14-7-3-1-4-8-14)23-19(26)15-9-5-2-6-10-15/h1-10,13,16H,11-12H2,(H,22,27)(H,23,26)(H,24,25)(H,28,29)/p-2/b17-13-/t16-/m0/s1. The van der Waals surface area contributed by atoms with Crippen LogP contribution >= 0.6 is 0 Å². The summed E-state index contributed by atoms with van der Waals surface area (Å²) >= 11 is 0. The van der Waals surface area contributed by atoms with Crippen molar-refractivity contribution in [3.63, 3.8) is 0 Å². The highest BCUT2D eigenvalue weighted by atomic mass is 16.4. The summed E-state index contributed by atoms with van der Waals surface area (Å²) in [6.45, 7) is 0. The first kappa shape index (κ1) is 21.4. The molecule has 2 amide bonds. The molecule has 2 rings (SSSR count). The molecule has 0 unspecified atom stereocenters. The van der Waals surface area contributed by atoms with Crippen LogP contribution in [-0.4, -0.2) is 29.8 Å². The van der Waals surface area contributed by atoms with Gasteiger partial charge in [-0.1, -0.05) is 48.5 Å². The number of carbonyl (C=O) groups is 4. The highest BCUT2D eigenvalue weighted by Crippen LogP contribution is 2.08. The second-order valence-corrected chi connectivity index (χ2v) is 6.04. The fourth-order valence-electron chi connectivity index (χ4n) is 2.41. The van der Waals surface area contributed by atoms with Crippen LogP contribution in [0.25, 0.3) is 6.08 Å². The van der Waals surface area contributed by atoms with Gasteiger partial charge in [0.15, 0.2) is 0 Å². The molecule has 0 aliphatic rings. The van der Waals surface area contributed by atoms with E-state index in [1.54, 1.807) is 60.7 Å². The molecule has 8 heteroatoms. The third-order valence-electron chi connectivity index (χ3n) is 3.87. The fourth-order valence-corrected chi connectivity index (χ4v) is 2.41. The summed E-state index contributed by atoms with van der Waals surface area (Å²) in [4.78, 5) is 46.9. The van der Waals surface area contributed by atoms with Crippen LogP contribution in [0.3, 0.4) is 0 Å². The largest absolute Gasteiger partial charge is 0.550 e. The van der Waals surface area contributed by atoms with Crippen molar-refractivity contribution in [3.8, 4) is 0 Å².